The van der Waals surface area contributed by atoms with E-state index < -0.39 is 0 Å². The van der Waals surface area contributed by atoms with Crippen LogP contribution >= 0.6 is 11.3 Å². The predicted molar refractivity (Wildman–Crippen MR) is 76.8 cm³/mol. The van der Waals surface area contributed by atoms with Crippen molar-refractivity contribution in [2.24, 2.45) is 0 Å². The summed E-state index contributed by atoms with van der Waals surface area (Å²) in [5.41, 5.74) is 9.24. The second-order valence-electron chi connectivity index (χ2n) is 5.88. The van der Waals surface area contributed by atoms with E-state index in [-0.39, 0.29) is 5.41 Å². The summed E-state index contributed by atoms with van der Waals surface area (Å²) in [7, 11) is 0. The Morgan fingerprint density at radius 3 is 2.41 bits per heavy atom. The maximum atomic E-state index is 6.10. The number of nitrogens with zero attached hydrogens (tertiary/aromatic N) is 1. The van der Waals surface area contributed by atoms with E-state index in [1.54, 1.807) is 11.3 Å². The molecule has 1 heterocycles. The Balaban J connectivity index is 2.65. The van der Waals surface area contributed by atoms with Gasteiger partial charge in [0.05, 0.1) is 15.4 Å². The van der Waals surface area contributed by atoms with E-state index in [0.29, 0.717) is 5.92 Å². The molecule has 0 aliphatic heterocycles. The highest BCUT2D eigenvalue weighted by Gasteiger charge is 2.20. The Kier molecular flexibility index (Phi) is 2.90. The number of anilines is 1. The molecule has 1 aromatic carbocycles. The smallest absolute Gasteiger partial charge is 0.104 e. The fourth-order valence-electron chi connectivity index (χ4n) is 1.73. The second-order valence-corrected chi connectivity index (χ2v) is 6.91. The molecular formula is C14H20N2S. The minimum atomic E-state index is 0.0914. The average Bonchev–Trinajstić information content (AvgIpc) is 2.60. The van der Waals surface area contributed by atoms with Gasteiger partial charge in [-0.25, -0.2) is 4.98 Å². The zero-order valence-corrected chi connectivity index (χ0v) is 12.0. The van der Waals surface area contributed by atoms with Gasteiger partial charge in [0.1, 0.15) is 5.52 Å². The lowest BCUT2D eigenvalue weighted by atomic mass is 9.98. The Labute approximate surface area is 107 Å². The second kappa shape index (κ2) is 3.98. The van der Waals surface area contributed by atoms with Gasteiger partial charge >= 0.3 is 0 Å². The van der Waals surface area contributed by atoms with Gasteiger partial charge in [-0.2, -0.15) is 0 Å². The van der Waals surface area contributed by atoms with Crippen LogP contribution in [0.4, 0.5) is 5.69 Å². The van der Waals surface area contributed by atoms with Crippen LogP contribution in [0.15, 0.2) is 12.1 Å². The molecule has 0 amide bonds. The van der Waals surface area contributed by atoms with Crippen molar-refractivity contribution in [2.75, 3.05) is 5.73 Å². The highest BCUT2D eigenvalue weighted by atomic mass is 32.1. The molecule has 0 saturated heterocycles. The molecule has 17 heavy (non-hydrogen) atoms. The van der Waals surface area contributed by atoms with E-state index in [1.165, 1.54) is 10.3 Å². The molecule has 3 heteroatoms. The number of hydrogen-bond acceptors (Lipinski definition) is 3. The van der Waals surface area contributed by atoms with Gasteiger partial charge in [0.2, 0.25) is 0 Å². The molecule has 92 valence electrons. The van der Waals surface area contributed by atoms with Crippen LogP contribution in [0, 0.1) is 0 Å². The molecule has 0 radical (unpaired) electrons. The van der Waals surface area contributed by atoms with Gasteiger partial charge in [-0.15, -0.1) is 11.3 Å². The van der Waals surface area contributed by atoms with Gasteiger partial charge in [0.15, 0.2) is 0 Å². The normalized spacial score (nSPS) is 12.6. The number of thiazole rings is 1. The van der Waals surface area contributed by atoms with Crippen LogP contribution in [0.3, 0.4) is 0 Å². The lowest BCUT2D eigenvalue weighted by molar-refractivity contribution is 0.587. The van der Waals surface area contributed by atoms with Crippen LogP contribution in [0.2, 0.25) is 0 Å². The van der Waals surface area contributed by atoms with Crippen molar-refractivity contribution in [3.8, 4) is 0 Å². The average molecular weight is 248 g/mol. The Hall–Kier alpha value is -1.09. The monoisotopic (exact) mass is 248 g/mol. The number of rotatable bonds is 1. The summed E-state index contributed by atoms with van der Waals surface area (Å²) in [6.45, 7) is 10.9. The Bertz CT molecular complexity index is 547. The minimum Gasteiger partial charge on any atom is -0.397 e. The van der Waals surface area contributed by atoms with Crippen molar-refractivity contribution in [1.82, 2.24) is 4.98 Å². The standard InChI is InChI=1S/C14H20N2S/c1-8(2)9-6-10(15)12-11(7-9)17-13(16-12)14(3,4)5/h6-8H,15H2,1-5H3. The van der Waals surface area contributed by atoms with Crippen LogP contribution in [0.25, 0.3) is 10.2 Å². The van der Waals surface area contributed by atoms with E-state index in [4.69, 9.17) is 5.73 Å². The van der Waals surface area contributed by atoms with Crippen molar-refractivity contribution >= 4 is 27.2 Å². The van der Waals surface area contributed by atoms with E-state index in [1.807, 2.05) is 0 Å². The van der Waals surface area contributed by atoms with Crippen molar-refractivity contribution in [3.63, 3.8) is 0 Å². The number of benzene rings is 1. The summed E-state index contributed by atoms with van der Waals surface area (Å²) in [6.07, 6.45) is 0. The molecule has 0 saturated carbocycles. The summed E-state index contributed by atoms with van der Waals surface area (Å²) < 4.78 is 1.21. The number of nitrogen functional groups attached to an aromatic ring is 1. The first-order valence-corrected chi connectivity index (χ1v) is 6.81. The topological polar surface area (TPSA) is 38.9 Å². The zero-order chi connectivity index (χ0) is 12.8. The van der Waals surface area contributed by atoms with Crippen molar-refractivity contribution in [3.05, 3.63) is 22.7 Å². The lowest BCUT2D eigenvalue weighted by Gasteiger charge is -2.13. The maximum absolute atomic E-state index is 6.10. The predicted octanol–water partition coefficient (Wildman–Crippen LogP) is 4.30. The molecule has 0 fully saturated rings. The van der Waals surface area contributed by atoms with Gasteiger partial charge in [-0.1, -0.05) is 34.6 Å². The quantitative estimate of drug-likeness (QED) is 0.764. The van der Waals surface area contributed by atoms with Gasteiger partial charge in [-0.3, -0.25) is 0 Å². The van der Waals surface area contributed by atoms with Gasteiger partial charge in [0.25, 0.3) is 0 Å². The van der Waals surface area contributed by atoms with Crippen LogP contribution in [0.5, 0.6) is 0 Å². The molecule has 0 aliphatic carbocycles. The summed E-state index contributed by atoms with van der Waals surface area (Å²) in [4.78, 5) is 4.68. The summed E-state index contributed by atoms with van der Waals surface area (Å²) in [5.74, 6) is 0.502. The summed E-state index contributed by atoms with van der Waals surface area (Å²) in [6, 6.07) is 4.28. The first-order valence-electron chi connectivity index (χ1n) is 5.99. The molecule has 0 bridgehead atoms. The van der Waals surface area contributed by atoms with E-state index in [0.717, 1.165) is 16.2 Å². The van der Waals surface area contributed by atoms with E-state index in [9.17, 15) is 0 Å². The van der Waals surface area contributed by atoms with Gasteiger partial charge < -0.3 is 5.73 Å². The number of nitrogens with two attached hydrogens (primary N) is 1. The maximum Gasteiger partial charge on any atom is 0.104 e. The molecule has 2 aromatic rings. The molecule has 2 rings (SSSR count). The molecular weight excluding hydrogens is 228 g/mol. The Morgan fingerprint density at radius 2 is 1.88 bits per heavy atom. The number of hydrogen-bond donors (Lipinski definition) is 1. The van der Waals surface area contributed by atoms with E-state index >= 15 is 0 Å². The van der Waals surface area contributed by atoms with Crippen LogP contribution in [-0.4, -0.2) is 4.98 Å². The molecule has 0 atom stereocenters. The van der Waals surface area contributed by atoms with Gasteiger partial charge in [-0.05, 0) is 23.6 Å². The van der Waals surface area contributed by atoms with Crippen molar-refractivity contribution < 1.29 is 0 Å². The minimum absolute atomic E-state index is 0.0914. The molecule has 0 spiro atoms. The third-order valence-corrected chi connectivity index (χ3v) is 4.28. The third-order valence-electron chi connectivity index (χ3n) is 2.86. The number of fused-ring (bicyclic) bond motifs is 1. The summed E-state index contributed by atoms with van der Waals surface area (Å²) >= 11 is 1.76. The Morgan fingerprint density at radius 1 is 1.24 bits per heavy atom. The van der Waals surface area contributed by atoms with Crippen LogP contribution in [0.1, 0.15) is 51.1 Å². The van der Waals surface area contributed by atoms with E-state index in [2.05, 4.69) is 51.7 Å². The lowest BCUT2D eigenvalue weighted by Crippen LogP contribution is -2.09. The third kappa shape index (κ3) is 2.29. The van der Waals surface area contributed by atoms with Crippen molar-refractivity contribution in [2.45, 2.75) is 46.0 Å². The SMILES string of the molecule is CC(C)c1cc(N)c2nc(C(C)(C)C)sc2c1. The first kappa shape index (κ1) is 12.4. The highest BCUT2D eigenvalue weighted by Crippen LogP contribution is 2.35. The molecule has 0 unspecified atom stereocenters. The van der Waals surface area contributed by atoms with Crippen molar-refractivity contribution in [1.29, 1.82) is 0 Å². The fraction of sp³-hybridized carbons (Fsp3) is 0.500. The van der Waals surface area contributed by atoms with Crippen LogP contribution in [-0.2, 0) is 5.41 Å². The van der Waals surface area contributed by atoms with Gasteiger partial charge in [0, 0.05) is 5.41 Å². The molecule has 0 aliphatic rings. The largest absolute Gasteiger partial charge is 0.397 e. The molecule has 2 nitrogen and oxygen atoms in total. The van der Waals surface area contributed by atoms with Crippen LogP contribution < -0.4 is 5.73 Å². The summed E-state index contributed by atoms with van der Waals surface area (Å²) in [5, 5.41) is 1.15. The highest BCUT2D eigenvalue weighted by molar-refractivity contribution is 7.18. The fourth-order valence-corrected chi connectivity index (χ4v) is 2.84. The number of aromatic nitrogens is 1. The zero-order valence-electron chi connectivity index (χ0n) is 11.2. The molecule has 1 aromatic heterocycles. The first-order chi connectivity index (χ1) is 7.79. The molecule has 2 N–H and O–H groups in total.